The standard InChI is InChI=1S/C14H30O2.2CH4/c1-2-3-4-5-6-7-8-9-10-11-13-16-14-12-15;;/h15H,2-14H2,1H3;2*1H4. The van der Waals surface area contributed by atoms with Crippen molar-refractivity contribution in [3.8, 4) is 0 Å². The lowest BCUT2D eigenvalue weighted by Gasteiger charge is -2.03. The summed E-state index contributed by atoms with van der Waals surface area (Å²) in [7, 11) is 0. The van der Waals surface area contributed by atoms with Crippen LogP contribution in [-0.2, 0) is 4.74 Å². The Morgan fingerprint density at radius 2 is 1.11 bits per heavy atom. The van der Waals surface area contributed by atoms with Crippen molar-refractivity contribution in [1.29, 1.82) is 0 Å². The maximum Gasteiger partial charge on any atom is 0.0697 e. The number of rotatable bonds is 13. The minimum absolute atomic E-state index is 0. The Morgan fingerprint density at radius 1 is 0.667 bits per heavy atom. The maximum atomic E-state index is 8.50. The molecule has 0 aliphatic heterocycles. The predicted octanol–water partition coefficient (Wildman–Crippen LogP) is 5.19. The van der Waals surface area contributed by atoms with Crippen molar-refractivity contribution < 1.29 is 9.84 Å². The molecule has 0 aromatic heterocycles. The Bertz CT molecular complexity index is 102. The zero-order valence-corrected chi connectivity index (χ0v) is 11.0. The first-order chi connectivity index (χ1) is 7.91. The van der Waals surface area contributed by atoms with E-state index in [1.165, 1.54) is 57.8 Å². The van der Waals surface area contributed by atoms with E-state index in [2.05, 4.69) is 6.92 Å². The van der Waals surface area contributed by atoms with E-state index in [1.54, 1.807) is 0 Å². The Balaban J connectivity index is -0.00000112. The van der Waals surface area contributed by atoms with E-state index in [1.807, 2.05) is 0 Å². The first kappa shape index (κ1) is 23.0. The fourth-order valence-corrected chi connectivity index (χ4v) is 1.86. The summed E-state index contributed by atoms with van der Waals surface area (Å²) in [4.78, 5) is 0. The van der Waals surface area contributed by atoms with Crippen LogP contribution in [0.15, 0.2) is 0 Å². The highest BCUT2D eigenvalue weighted by atomic mass is 16.5. The summed E-state index contributed by atoms with van der Waals surface area (Å²) in [5.74, 6) is 0. The molecule has 2 heteroatoms. The largest absolute Gasteiger partial charge is 0.394 e. The van der Waals surface area contributed by atoms with Gasteiger partial charge in [-0.05, 0) is 6.42 Å². The molecule has 0 amide bonds. The van der Waals surface area contributed by atoms with Crippen LogP contribution < -0.4 is 0 Å². The summed E-state index contributed by atoms with van der Waals surface area (Å²) in [6, 6.07) is 0. The predicted molar refractivity (Wildman–Crippen MR) is 83.2 cm³/mol. The molecule has 0 atom stereocenters. The van der Waals surface area contributed by atoms with Crippen LogP contribution >= 0.6 is 0 Å². The second-order valence-electron chi connectivity index (χ2n) is 4.52. The van der Waals surface area contributed by atoms with E-state index in [9.17, 15) is 0 Å². The van der Waals surface area contributed by atoms with Crippen molar-refractivity contribution in [2.45, 2.75) is 86.0 Å². The molecule has 0 aliphatic rings. The van der Waals surface area contributed by atoms with Crippen LogP contribution in [0.25, 0.3) is 0 Å². The molecule has 0 bridgehead atoms. The molecule has 0 spiro atoms. The lowest BCUT2D eigenvalue weighted by atomic mass is 10.1. The summed E-state index contributed by atoms with van der Waals surface area (Å²) in [6.45, 7) is 3.73. The van der Waals surface area contributed by atoms with Gasteiger partial charge in [-0.2, -0.15) is 0 Å². The van der Waals surface area contributed by atoms with E-state index in [0.29, 0.717) is 6.61 Å². The first-order valence-corrected chi connectivity index (χ1v) is 7.10. The minimum Gasteiger partial charge on any atom is -0.394 e. The van der Waals surface area contributed by atoms with Gasteiger partial charge in [0, 0.05) is 6.61 Å². The van der Waals surface area contributed by atoms with Crippen molar-refractivity contribution >= 4 is 0 Å². The average Bonchev–Trinajstić information content (AvgIpc) is 2.31. The average molecular weight is 262 g/mol. The summed E-state index contributed by atoms with van der Waals surface area (Å²) in [5, 5.41) is 8.50. The fourth-order valence-electron chi connectivity index (χ4n) is 1.86. The lowest BCUT2D eigenvalue weighted by molar-refractivity contribution is 0.0895. The Kier molecular flexibility index (Phi) is 28.3. The van der Waals surface area contributed by atoms with Crippen LogP contribution in [-0.4, -0.2) is 24.9 Å². The molecule has 0 fully saturated rings. The van der Waals surface area contributed by atoms with Crippen LogP contribution in [0.5, 0.6) is 0 Å². The molecule has 0 saturated carbocycles. The number of unbranched alkanes of at least 4 members (excludes halogenated alkanes) is 9. The lowest BCUT2D eigenvalue weighted by Crippen LogP contribution is -2.00. The van der Waals surface area contributed by atoms with Gasteiger partial charge in [0.1, 0.15) is 0 Å². The molecule has 114 valence electrons. The zero-order chi connectivity index (χ0) is 11.9. The monoisotopic (exact) mass is 262 g/mol. The van der Waals surface area contributed by atoms with Crippen LogP contribution in [0, 0.1) is 0 Å². The molecule has 1 N–H and O–H groups in total. The number of aliphatic hydroxyl groups is 1. The molecule has 0 unspecified atom stereocenters. The highest BCUT2D eigenvalue weighted by Crippen LogP contribution is 2.10. The van der Waals surface area contributed by atoms with Gasteiger partial charge in [0.2, 0.25) is 0 Å². The summed E-state index contributed by atoms with van der Waals surface area (Å²) in [5.41, 5.74) is 0. The van der Waals surface area contributed by atoms with Gasteiger partial charge in [0.05, 0.1) is 13.2 Å². The molecular weight excluding hydrogens is 224 g/mol. The number of aliphatic hydroxyl groups excluding tert-OH is 1. The Labute approximate surface area is 116 Å². The molecule has 18 heavy (non-hydrogen) atoms. The van der Waals surface area contributed by atoms with Crippen molar-refractivity contribution in [3.63, 3.8) is 0 Å². The molecule has 0 rings (SSSR count). The number of hydrogen-bond acceptors (Lipinski definition) is 2. The topological polar surface area (TPSA) is 29.5 Å². The molecule has 2 nitrogen and oxygen atoms in total. The van der Waals surface area contributed by atoms with Gasteiger partial charge in [-0.3, -0.25) is 0 Å². The number of hydrogen-bond donors (Lipinski definition) is 1. The summed E-state index contributed by atoms with van der Waals surface area (Å²) in [6.07, 6.45) is 13.6. The molecular formula is C16H38O2. The highest BCUT2D eigenvalue weighted by Gasteiger charge is 1.92. The normalized spacial score (nSPS) is 9.67. The third kappa shape index (κ3) is 21.2. The third-order valence-electron chi connectivity index (χ3n) is 2.88. The second-order valence-corrected chi connectivity index (χ2v) is 4.52. The van der Waals surface area contributed by atoms with Gasteiger partial charge in [0.25, 0.3) is 0 Å². The molecule has 0 aliphatic carbocycles. The van der Waals surface area contributed by atoms with Gasteiger partial charge in [-0.1, -0.05) is 79.6 Å². The van der Waals surface area contributed by atoms with E-state index in [-0.39, 0.29) is 21.5 Å². The van der Waals surface area contributed by atoms with Gasteiger partial charge in [0.15, 0.2) is 0 Å². The SMILES string of the molecule is C.C.CCCCCCCCCCCCOCCO. The Morgan fingerprint density at radius 3 is 1.56 bits per heavy atom. The van der Waals surface area contributed by atoms with E-state index in [4.69, 9.17) is 9.84 Å². The van der Waals surface area contributed by atoms with Crippen molar-refractivity contribution in [3.05, 3.63) is 0 Å². The van der Waals surface area contributed by atoms with Gasteiger partial charge >= 0.3 is 0 Å². The van der Waals surface area contributed by atoms with Crippen molar-refractivity contribution in [1.82, 2.24) is 0 Å². The molecule has 0 aromatic carbocycles. The summed E-state index contributed by atoms with van der Waals surface area (Å²) < 4.78 is 5.20. The van der Waals surface area contributed by atoms with Crippen LogP contribution in [0.4, 0.5) is 0 Å². The second kappa shape index (κ2) is 22.1. The van der Waals surface area contributed by atoms with Gasteiger partial charge in [-0.15, -0.1) is 0 Å². The van der Waals surface area contributed by atoms with E-state index < -0.39 is 0 Å². The summed E-state index contributed by atoms with van der Waals surface area (Å²) >= 11 is 0. The van der Waals surface area contributed by atoms with Crippen molar-refractivity contribution in [2.24, 2.45) is 0 Å². The molecule has 0 heterocycles. The fraction of sp³-hybridized carbons (Fsp3) is 1.00. The van der Waals surface area contributed by atoms with E-state index >= 15 is 0 Å². The first-order valence-electron chi connectivity index (χ1n) is 7.10. The van der Waals surface area contributed by atoms with Crippen LogP contribution in [0.1, 0.15) is 86.0 Å². The number of ether oxygens (including phenoxy) is 1. The van der Waals surface area contributed by atoms with Crippen molar-refractivity contribution in [2.75, 3.05) is 19.8 Å². The van der Waals surface area contributed by atoms with Gasteiger partial charge in [-0.25, -0.2) is 0 Å². The molecule has 0 aromatic rings. The van der Waals surface area contributed by atoms with E-state index in [0.717, 1.165) is 13.0 Å². The Hall–Kier alpha value is -0.0800. The van der Waals surface area contributed by atoms with Gasteiger partial charge < -0.3 is 9.84 Å². The zero-order valence-electron chi connectivity index (χ0n) is 11.0. The quantitative estimate of drug-likeness (QED) is 0.463. The minimum atomic E-state index is 0. The molecule has 0 saturated heterocycles. The van der Waals surface area contributed by atoms with Crippen LogP contribution in [0.3, 0.4) is 0 Å². The smallest absolute Gasteiger partial charge is 0.0697 e. The van der Waals surface area contributed by atoms with Crippen LogP contribution in [0.2, 0.25) is 0 Å². The molecule has 0 radical (unpaired) electrons. The highest BCUT2D eigenvalue weighted by molar-refractivity contribution is 4.47. The third-order valence-corrected chi connectivity index (χ3v) is 2.88. The maximum absolute atomic E-state index is 8.50.